The Morgan fingerprint density at radius 3 is 2.68 bits per heavy atom. The summed E-state index contributed by atoms with van der Waals surface area (Å²) < 4.78 is 37.7. The second-order valence-electron chi connectivity index (χ2n) is 3.99. The molecule has 1 atom stereocenters. The lowest BCUT2D eigenvalue weighted by atomic mass is 10.1. The first-order chi connectivity index (χ1) is 8.68. The molecule has 0 radical (unpaired) electrons. The molecule has 1 unspecified atom stereocenters. The number of halogens is 3. The Balaban J connectivity index is 2.53. The van der Waals surface area contributed by atoms with Gasteiger partial charge < -0.3 is 10.4 Å². The second-order valence-corrected chi connectivity index (χ2v) is 3.99. The van der Waals surface area contributed by atoms with Gasteiger partial charge in [-0.2, -0.15) is 18.3 Å². The van der Waals surface area contributed by atoms with Gasteiger partial charge in [-0.05, 0) is 0 Å². The minimum Gasteiger partial charge on any atom is -0.480 e. The van der Waals surface area contributed by atoms with Gasteiger partial charge in [0.2, 0.25) is 5.91 Å². The smallest absolute Gasteiger partial charge is 0.392 e. The number of aliphatic carboxylic acids is 1. The van der Waals surface area contributed by atoms with E-state index in [0.717, 1.165) is 11.6 Å². The number of anilines is 1. The van der Waals surface area contributed by atoms with Gasteiger partial charge >= 0.3 is 12.1 Å². The van der Waals surface area contributed by atoms with Crippen LogP contribution in [-0.4, -0.2) is 32.9 Å². The van der Waals surface area contributed by atoms with E-state index in [1.165, 1.54) is 12.3 Å². The molecule has 1 amide bonds. The Morgan fingerprint density at radius 1 is 1.53 bits per heavy atom. The molecule has 0 bridgehead atoms. The number of carbonyl (C=O) groups is 2. The highest BCUT2D eigenvalue weighted by molar-refractivity contribution is 5.89. The van der Waals surface area contributed by atoms with E-state index in [0.29, 0.717) is 0 Å². The van der Waals surface area contributed by atoms with Gasteiger partial charge in [0.15, 0.2) is 5.82 Å². The maximum absolute atomic E-state index is 12.2. The van der Waals surface area contributed by atoms with Crippen LogP contribution in [0.4, 0.5) is 19.0 Å². The van der Waals surface area contributed by atoms with Crippen LogP contribution in [0.5, 0.6) is 0 Å². The Bertz CT molecular complexity index is 470. The molecule has 0 fully saturated rings. The van der Waals surface area contributed by atoms with Gasteiger partial charge in [0, 0.05) is 18.7 Å². The molecule has 0 aliphatic rings. The molecule has 9 heteroatoms. The van der Waals surface area contributed by atoms with Crippen LogP contribution in [0.25, 0.3) is 0 Å². The summed E-state index contributed by atoms with van der Waals surface area (Å²) in [5.74, 6) is -3.69. The fourth-order valence-corrected chi connectivity index (χ4v) is 1.24. The van der Waals surface area contributed by atoms with Gasteiger partial charge in [0.25, 0.3) is 0 Å². The standard InChI is InChI=1S/C10H12F3N3O3/c1-6(10(11,12)13)4-8(17)14-7-2-3-16(15-7)5-9(18)19/h2-3,6H,4-5H2,1H3,(H,18,19)(H,14,15,17). The van der Waals surface area contributed by atoms with Crippen molar-refractivity contribution >= 4 is 17.7 Å². The molecule has 0 saturated carbocycles. The first-order valence-electron chi connectivity index (χ1n) is 5.30. The number of hydrogen-bond donors (Lipinski definition) is 2. The maximum atomic E-state index is 12.2. The topological polar surface area (TPSA) is 84.2 Å². The minimum absolute atomic E-state index is 0.0145. The fourth-order valence-electron chi connectivity index (χ4n) is 1.24. The highest BCUT2D eigenvalue weighted by Crippen LogP contribution is 2.28. The Hall–Kier alpha value is -2.06. The zero-order valence-electron chi connectivity index (χ0n) is 9.94. The third kappa shape index (κ3) is 4.98. The van der Waals surface area contributed by atoms with E-state index in [2.05, 4.69) is 10.4 Å². The molecule has 0 saturated heterocycles. The van der Waals surface area contributed by atoms with Crippen molar-refractivity contribution < 1.29 is 27.9 Å². The third-order valence-electron chi connectivity index (χ3n) is 2.26. The van der Waals surface area contributed by atoms with E-state index in [9.17, 15) is 22.8 Å². The van der Waals surface area contributed by atoms with Gasteiger partial charge in [-0.1, -0.05) is 6.92 Å². The summed E-state index contributed by atoms with van der Waals surface area (Å²) in [4.78, 5) is 21.7. The van der Waals surface area contributed by atoms with E-state index < -0.39 is 36.9 Å². The molecular formula is C10H12F3N3O3. The molecule has 1 aromatic heterocycles. The summed E-state index contributed by atoms with van der Waals surface area (Å²) in [7, 11) is 0. The van der Waals surface area contributed by atoms with Crippen molar-refractivity contribution in [3.63, 3.8) is 0 Å². The summed E-state index contributed by atoms with van der Waals surface area (Å²) >= 11 is 0. The number of carboxylic acids is 1. The lowest BCUT2D eigenvalue weighted by Gasteiger charge is -2.14. The number of alkyl halides is 3. The van der Waals surface area contributed by atoms with Gasteiger partial charge in [-0.25, -0.2) is 0 Å². The van der Waals surface area contributed by atoms with Crippen LogP contribution < -0.4 is 5.32 Å². The average Bonchev–Trinajstić information content (AvgIpc) is 2.62. The first-order valence-corrected chi connectivity index (χ1v) is 5.30. The monoisotopic (exact) mass is 279 g/mol. The van der Waals surface area contributed by atoms with E-state index in [-0.39, 0.29) is 5.82 Å². The predicted octanol–water partition coefficient (Wildman–Crippen LogP) is 1.49. The number of amides is 1. The predicted molar refractivity (Wildman–Crippen MR) is 58.3 cm³/mol. The summed E-state index contributed by atoms with van der Waals surface area (Å²) in [5, 5.41) is 14.4. The highest BCUT2D eigenvalue weighted by atomic mass is 19.4. The van der Waals surface area contributed by atoms with Crippen molar-refractivity contribution in [2.45, 2.75) is 26.1 Å². The highest BCUT2D eigenvalue weighted by Gasteiger charge is 2.37. The molecule has 1 heterocycles. The van der Waals surface area contributed by atoms with Crippen LogP contribution in [0.1, 0.15) is 13.3 Å². The molecule has 0 aromatic carbocycles. The van der Waals surface area contributed by atoms with E-state index in [1.54, 1.807) is 0 Å². The average molecular weight is 279 g/mol. The van der Waals surface area contributed by atoms with Gasteiger partial charge in [0.1, 0.15) is 6.54 Å². The molecule has 1 aromatic rings. The molecule has 0 aliphatic carbocycles. The Morgan fingerprint density at radius 2 is 2.16 bits per heavy atom. The summed E-state index contributed by atoms with van der Waals surface area (Å²) in [5.41, 5.74) is 0. The van der Waals surface area contributed by atoms with Crippen molar-refractivity contribution in [1.82, 2.24) is 9.78 Å². The summed E-state index contributed by atoms with van der Waals surface area (Å²) in [6, 6.07) is 1.30. The largest absolute Gasteiger partial charge is 0.480 e. The van der Waals surface area contributed by atoms with Crippen LogP contribution >= 0.6 is 0 Å². The molecule has 6 nitrogen and oxygen atoms in total. The number of carboxylic acid groups (broad SMARTS) is 1. The van der Waals surface area contributed by atoms with Crippen LogP contribution in [0.2, 0.25) is 0 Å². The van der Waals surface area contributed by atoms with Gasteiger partial charge in [-0.15, -0.1) is 0 Å². The van der Waals surface area contributed by atoms with Crippen LogP contribution in [0, 0.1) is 5.92 Å². The normalized spacial score (nSPS) is 13.1. The van der Waals surface area contributed by atoms with Crippen molar-refractivity contribution in [1.29, 1.82) is 0 Å². The number of aromatic nitrogens is 2. The van der Waals surface area contributed by atoms with Crippen LogP contribution in [-0.2, 0) is 16.1 Å². The molecule has 106 valence electrons. The van der Waals surface area contributed by atoms with Crippen LogP contribution in [0.15, 0.2) is 12.3 Å². The molecule has 0 spiro atoms. The fraction of sp³-hybridized carbons (Fsp3) is 0.500. The zero-order chi connectivity index (χ0) is 14.6. The van der Waals surface area contributed by atoms with E-state index in [1.807, 2.05) is 0 Å². The minimum atomic E-state index is -4.43. The van der Waals surface area contributed by atoms with Crippen LogP contribution in [0.3, 0.4) is 0 Å². The van der Waals surface area contributed by atoms with Gasteiger partial charge in [0.05, 0.1) is 5.92 Å². The third-order valence-corrected chi connectivity index (χ3v) is 2.26. The van der Waals surface area contributed by atoms with Crippen molar-refractivity contribution in [2.24, 2.45) is 5.92 Å². The van der Waals surface area contributed by atoms with Gasteiger partial charge in [-0.3, -0.25) is 14.3 Å². The van der Waals surface area contributed by atoms with E-state index in [4.69, 9.17) is 5.11 Å². The summed E-state index contributed by atoms with van der Waals surface area (Å²) in [6.45, 7) is 0.511. The lowest BCUT2D eigenvalue weighted by molar-refractivity contribution is -0.173. The number of nitrogens with zero attached hydrogens (tertiary/aromatic N) is 2. The molecule has 1 rings (SSSR count). The SMILES string of the molecule is CC(CC(=O)Nc1ccn(CC(=O)O)n1)C(F)(F)F. The number of hydrogen-bond acceptors (Lipinski definition) is 3. The quantitative estimate of drug-likeness (QED) is 0.855. The molecule has 2 N–H and O–H groups in total. The maximum Gasteiger partial charge on any atom is 0.392 e. The summed E-state index contributed by atoms with van der Waals surface area (Å²) in [6.07, 6.45) is -3.84. The molecule has 19 heavy (non-hydrogen) atoms. The number of carbonyl (C=O) groups excluding carboxylic acids is 1. The van der Waals surface area contributed by atoms with Crippen molar-refractivity contribution in [3.05, 3.63) is 12.3 Å². The number of nitrogens with one attached hydrogen (secondary N) is 1. The Labute approximate surface area is 106 Å². The zero-order valence-corrected chi connectivity index (χ0v) is 9.94. The van der Waals surface area contributed by atoms with Crippen molar-refractivity contribution in [2.75, 3.05) is 5.32 Å². The number of rotatable bonds is 5. The molecule has 0 aliphatic heterocycles. The van der Waals surface area contributed by atoms with Crippen molar-refractivity contribution in [3.8, 4) is 0 Å². The lowest BCUT2D eigenvalue weighted by Crippen LogP contribution is -2.25. The Kier molecular flexibility index (Phi) is 4.52. The second kappa shape index (κ2) is 5.72. The first kappa shape index (κ1) is 15.0. The van der Waals surface area contributed by atoms with E-state index >= 15 is 0 Å². The molecular weight excluding hydrogens is 267 g/mol.